The van der Waals surface area contributed by atoms with Crippen molar-refractivity contribution in [1.29, 1.82) is 0 Å². The SMILES string of the molecule is CCCOc1nc(NCC)nc(NC(C)C(=O)N(C)C)n1. The molecule has 1 aromatic rings. The lowest BCUT2D eigenvalue weighted by Crippen LogP contribution is -2.37. The molecule has 0 spiro atoms. The summed E-state index contributed by atoms with van der Waals surface area (Å²) in [6, 6.07) is -0.189. The van der Waals surface area contributed by atoms with Crippen molar-refractivity contribution in [2.45, 2.75) is 33.2 Å². The van der Waals surface area contributed by atoms with E-state index < -0.39 is 6.04 Å². The topological polar surface area (TPSA) is 92.3 Å². The van der Waals surface area contributed by atoms with Gasteiger partial charge in [-0.1, -0.05) is 6.92 Å². The minimum atomic E-state index is -0.434. The van der Waals surface area contributed by atoms with Crippen molar-refractivity contribution in [2.24, 2.45) is 0 Å². The van der Waals surface area contributed by atoms with Crippen molar-refractivity contribution in [2.75, 3.05) is 37.9 Å². The normalized spacial score (nSPS) is 11.7. The fraction of sp³-hybridized carbons (Fsp3) is 0.692. The van der Waals surface area contributed by atoms with Crippen LogP contribution in [0, 0.1) is 0 Å². The van der Waals surface area contributed by atoms with E-state index in [1.165, 1.54) is 4.90 Å². The van der Waals surface area contributed by atoms with Gasteiger partial charge < -0.3 is 20.3 Å². The molecule has 8 heteroatoms. The molecular weight excluding hydrogens is 272 g/mol. The van der Waals surface area contributed by atoms with E-state index >= 15 is 0 Å². The first-order valence-electron chi connectivity index (χ1n) is 7.08. The highest BCUT2D eigenvalue weighted by atomic mass is 16.5. The molecule has 0 aromatic carbocycles. The number of rotatable bonds is 8. The Labute approximate surface area is 125 Å². The summed E-state index contributed by atoms with van der Waals surface area (Å²) in [5.74, 6) is 0.678. The summed E-state index contributed by atoms with van der Waals surface area (Å²) in [4.78, 5) is 25.9. The zero-order valence-electron chi connectivity index (χ0n) is 13.3. The molecule has 0 radical (unpaired) electrons. The lowest BCUT2D eigenvalue weighted by Gasteiger charge is -2.18. The van der Waals surface area contributed by atoms with Gasteiger partial charge in [-0.05, 0) is 20.3 Å². The maximum Gasteiger partial charge on any atom is 0.323 e. The van der Waals surface area contributed by atoms with Crippen LogP contribution < -0.4 is 15.4 Å². The lowest BCUT2D eigenvalue weighted by atomic mass is 10.3. The lowest BCUT2D eigenvalue weighted by molar-refractivity contribution is -0.129. The van der Waals surface area contributed by atoms with Crippen LogP contribution in [0.15, 0.2) is 0 Å². The molecule has 21 heavy (non-hydrogen) atoms. The molecule has 1 heterocycles. The van der Waals surface area contributed by atoms with Gasteiger partial charge in [0.15, 0.2) is 0 Å². The Morgan fingerprint density at radius 1 is 1.24 bits per heavy atom. The Morgan fingerprint density at radius 3 is 2.48 bits per heavy atom. The Kier molecular flexibility index (Phi) is 6.64. The van der Waals surface area contributed by atoms with Gasteiger partial charge in [0, 0.05) is 20.6 Å². The molecule has 0 saturated heterocycles. The molecule has 0 aliphatic carbocycles. The molecule has 0 bridgehead atoms. The fourth-order valence-electron chi connectivity index (χ4n) is 1.56. The van der Waals surface area contributed by atoms with Crippen molar-refractivity contribution in [3.8, 4) is 6.01 Å². The molecule has 1 unspecified atom stereocenters. The molecule has 8 nitrogen and oxygen atoms in total. The highest BCUT2D eigenvalue weighted by Gasteiger charge is 2.17. The average Bonchev–Trinajstić information content (AvgIpc) is 2.44. The predicted octanol–water partition coefficient (Wildman–Crippen LogP) is 0.981. The van der Waals surface area contributed by atoms with Crippen molar-refractivity contribution >= 4 is 17.8 Å². The van der Waals surface area contributed by atoms with Gasteiger partial charge in [0.25, 0.3) is 0 Å². The Morgan fingerprint density at radius 2 is 1.90 bits per heavy atom. The van der Waals surface area contributed by atoms with Crippen LogP contribution in [0.2, 0.25) is 0 Å². The van der Waals surface area contributed by atoms with Crippen LogP contribution in [-0.2, 0) is 4.79 Å². The van der Waals surface area contributed by atoms with Gasteiger partial charge >= 0.3 is 6.01 Å². The standard InChI is InChI=1S/C13H24N6O2/c1-6-8-21-13-17-11(14-7-2)16-12(18-13)15-9(3)10(20)19(4)5/h9H,6-8H2,1-5H3,(H2,14,15,16,17,18). The van der Waals surface area contributed by atoms with E-state index in [-0.39, 0.29) is 11.9 Å². The van der Waals surface area contributed by atoms with Gasteiger partial charge in [-0.25, -0.2) is 0 Å². The van der Waals surface area contributed by atoms with Crippen LogP contribution in [-0.4, -0.2) is 59.0 Å². The number of carbonyl (C=O) groups excluding carboxylic acids is 1. The maximum absolute atomic E-state index is 11.9. The number of likely N-dealkylation sites (N-methyl/N-ethyl adjacent to an activating group) is 1. The Balaban J connectivity index is 2.88. The second kappa shape index (κ2) is 8.23. The maximum atomic E-state index is 11.9. The van der Waals surface area contributed by atoms with Gasteiger partial charge in [0.1, 0.15) is 6.04 Å². The van der Waals surface area contributed by atoms with E-state index in [1.54, 1.807) is 21.0 Å². The highest BCUT2D eigenvalue weighted by molar-refractivity contribution is 5.83. The molecule has 2 N–H and O–H groups in total. The Hall–Kier alpha value is -2.12. The molecule has 0 fully saturated rings. The third-order valence-corrected chi connectivity index (χ3v) is 2.54. The number of carbonyl (C=O) groups is 1. The van der Waals surface area contributed by atoms with Crippen LogP contribution >= 0.6 is 0 Å². The van der Waals surface area contributed by atoms with E-state index in [0.717, 1.165) is 6.42 Å². The molecule has 1 atom stereocenters. The molecule has 1 aromatic heterocycles. The minimum Gasteiger partial charge on any atom is -0.463 e. The number of hydrogen-bond donors (Lipinski definition) is 2. The number of hydrogen-bond acceptors (Lipinski definition) is 7. The summed E-state index contributed by atoms with van der Waals surface area (Å²) in [6.45, 7) is 6.92. The van der Waals surface area contributed by atoms with E-state index in [1.807, 2.05) is 13.8 Å². The van der Waals surface area contributed by atoms with Gasteiger partial charge in [0.2, 0.25) is 17.8 Å². The van der Waals surface area contributed by atoms with Crippen molar-refractivity contribution < 1.29 is 9.53 Å². The number of ether oxygens (including phenoxy) is 1. The van der Waals surface area contributed by atoms with Crippen molar-refractivity contribution in [1.82, 2.24) is 19.9 Å². The highest BCUT2D eigenvalue weighted by Crippen LogP contribution is 2.12. The number of anilines is 2. The summed E-state index contributed by atoms with van der Waals surface area (Å²) >= 11 is 0. The second-order valence-electron chi connectivity index (χ2n) is 4.74. The first-order valence-corrected chi connectivity index (χ1v) is 7.08. The fourth-order valence-corrected chi connectivity index (χ4v) is 1.56. The van der Waals surface area contributed by atoms with Gasteiger partial charge in [-0.3, -0.25) is 4.79 Å². The third-order valence-electron chi connectivity index (χ3n) is 2.54. The summed E-state index contributed by atoms with van der Waals surface area (Å²) in [7, 11) is 3.40. The van der Waals surface area contributed by atoms with Crippen LogP contribution in [0.4, 0.5) is 11.9 Å². The molecule has 1 amide bonds. The van der Waals surface area contributed by atoms with Crippen molar-refractivity contribution in [3.05, 3.63) is 0 Å². The number of nitrogens with zero attached hydrogens (tertiary/aromatic N) is 4. The van der Waals surface area contributed by atoms with E-state index in [4.69, 9.17) is 4.74 Å². The summed E-state index contributed by atoms with van der Waals surface area (Å²) in [5.41, 5.74) is 0. The van der Waals surface area contributed by atoms with Crippen LogP contribution in [0.3, 0.4) is 0 Å². The van der Waals surface area contributed by atoms with Crippen LogP contribution in [0.5, 0.6) is 6.01 Å². The minimum absolute atomic E-state index is 0.0589. The first kappa shape index (κ1) is 16.9. The second-order valence-corrected chi connectivity index (χ2v) is 4.74. The van der Waals surface area contributed by atoms with E-state index in [0.29, 0.717) is 25.0 Å². The molecular formula is C13H24N6O2. The zero-order chi connectivity index (χ0) is 15.8. The van der Waals surface area contributed by atoms with Gasteiger partial charge in [-0.2, -0.15) is 15.0 Å². The molecule has 118 valence electrons. The molecule has 0 aliphatic rings. The molecule has 1 rings (SSSR count). The Bertz CT molecular complexity index is 466. The van der Waals surface area contributed by atoms with E-state index in [2.05, 4.69) is 25.6 Å². The van der Waals surface area contributed by atoms with Crippen LogP contribution in [0.25, 0.3) is 0 Å². The summed E-state index contributed by atoms with van der Waals surface area (Å²) < 4.78 is 5.43. The summed E-state index contributed by atoms with van der Waals surface area (Å²) in [5, 5.41) is 5.98. The number of aromatic nitrogens is 3. The third kappa shape index (κ3) is 5.41. The van der Waals surface area contributed by atoms with Crippen LogP contribution in [0.1, 0.15) is 27.2 Å². The average molecular weight is 296 g/mol. The first-order chi connectivity index (χ1) is 9.97. The quantitative estimate of drug-likeness (QED) is 0.738. The van der Waals surface area contributed by atoms with Gasteiger partial charge in [-0.15, -0.1) is 0 Å². The summed E-state index contributed by atoms with van der Waals surface area (Å²) in [6.07, 6.45) is 0.862. The zero-order valence-corrected chi connectivity index (χ0v) is 13.3. The van der Waals surface area contributed by atoms with E-state index in [9.17, 15) is 4.79 Å². The number of nitrogens with one attached hydrogen (secondary N) is 2. The van der Waals surface area contributed by atoms with Gasteiger partial charge in [0.05, 0.1) is 6.61 Å². The monoisotopic (exact) mass is 296 g/mol. The molecule has 0 saturated carbocycles. The smallest absolute Gasteiger partial charge is 0.323 e. The van der Waals surface area contributed by atoms with Crippen molar-refractivity contribution in [3.63, 3.8) is 0 Å². The largest absolute Gasteiger partial charge is 0.463 e. The predicted molar refractivity (Wildman–Crippen MR) is 81.6 cm³/mol. The number of amides is 1. The molecule has 0 aliphatic heterocycles.